The van der Waals surface area contributed by atoms with Gasteiger partial charge in [-0.2, -0.15) is 0 Å². The summed E-state index contributed by atoms with van der Waals surface area (Å²) in [6.45, 7) is 3.99. The van der Waals surface area contributed by atoms with Crippen molar-refractivity contribution in [2.45, 2.75) is 32.5 Å². The monoisotopic (exact) mass is 350 g/mol. The highest BCUT2D eigenvalue weighted by Crippen LogP contribution is 2.18. The molecule has 6 nitrogen and oxygen atoms in total. The number of imidazole rings is 1. The fourth-order valence-electron chi connectivity index (χ4n) is 3.29. The maximum atomic E-state index is 12.7. The SMILES string of the molecule is Cc1ccc2nc(C(=O)N3CCC(OCc4cccnc4)CC3)cn2c1. The molecule has 0 unspecified atom stereocenters. The molecule has 0 saturated carbocycles. The van der Waals surface area contributed by atoms with Crippen LogP contribution in [-0.4, -0.2) is 44.4 Å². The lowest BCUT2D eigenvalue weighted by atomic mass is 10.1. The van der Waals surface area contributed by atoms with Crippen LogP contribution in [0.2, 0.25) is 0 Å². The molecule has 0 aromatic carbocycles. The van der Waals surface area contributed by atoms with Crippen LogP contribution in [0.3, 0.4) is 0 Å². The number of nitrogens with zero attached hydrogens (tertiary/aromatic N) is 4. The van der Waals surface area contributed by atoms with E-state index >= 15 is 0 Å². The molecule has 1 amide bonds. The van der Waals surface area contributed by atoms with Gasteiger partial charge in [-0.15, -0.1) is 0 Å². The Morgan fingerprint density at radius 3 is 2.85 bits per heavy atom. The van der Waals surface area contributed by atoms with Gasteiger partial charge in [0.25, 0.3) is 5.91 Å². The smallest absolute Gasteiger partial charge is 0.274 e. The highest BCUT2D eigenvalue weighted by Gasteiger charge is 2.25. The zero-order valence-corrected chi connectivity index (χ0v) is 14.8. The molecule has 0 spiro atoms. The van der Waals surface area contributed by atoms with Gasteiger partial charge in [-0.25, -0.2) is 4.98 Å². The molecule has 6 heteroatoms. The Morgan fingerprint density at radius 1 is 1.23 bits per heavy atom. The first kappa shape index (κ1) is 16.7. The van der Waals surface area contributed by atoms with Gasteiger partial charge in [0, 0.05) is 37.9 Å². The van der Waals surface area contributed by atoms with E-state index in [0.717, 1.165) is 29.6 Å². The number of hydrogen-bond donors (Lipinski definition) is 0. The number of carbonyl (C=O) groups excluding carboxylic acids is 1. The fourth-order valence-corrected chi connectivity index (χ4v) is 3.29. The van der Waals surface area contributed by atoms with E-state index < -0.39 is 0 Å². The Balaban J connectivity index is 1.34. The molecule has 134 valence electrons. The molecule has 1 fully saturated rings. The van der Waals surface area contributed by atoms with Crippen molar-refractivity contribution in [3.05, 3.63) is 65.9 Å². The van der Waals surface area contributed by atoms with Crippen LogP contribution in [0, 0.1) is 6.92 Å². The third-order valence-corrected chi connectivity index (χ3v) is 4.76. The van der Waals surface area contributed by atoms with Crippen molar-refractivity contribution in [2.75, 3.05) is 13.1 Å². The van der Waals surface area contributed by atoms with Crippen LogP contribution in [0.15, 0.2) is 49.1 Å². The van der Waals surface area contributed by atoms with Crippen LogP contribution in [0.4, 0.5) is 0 Å². The van der Waals surface area contributed by atoms with Gasteiger partial charge in [0.05, 0.1) is 12.7 Å². The molecule has 0 bridgehead atoms. The third kappa shape index (κ3) is 3.60. The van der Waals surface area contributed by atoms with Crippen molar-refractivity contribution in [1.29, 1.82) is 0 Å². The minimum absolute atomic E-state index is 0.00272. The van der Waals surface area contributed by atoms with Crippen LogP contribution in [0.25, 0.3) is 5.65 Å². The van der Waals surface area contributed by atoms with Crippen molar-refractivity contribution >= 4 is 11.6 Å². The number of carbonyl (C=O) groups is 1. The molecule has 0 aliphatic carbocycles. The number of likely N-dealkylation sites (tertiary alicyclic amines) is 1. The number of pyridine rings is 2. The summed E-state index contributed by atoms with van der Waals surface area (Å²) >= 11 is 0. The van der Waals surface area contributed by atoms with Crippen molar-refractivity contribution in [1.82, 2.24) is 19.3 Å². The summed E-state index contributed by atoms with van der Waals surface area (Å²) in [6.07, 6.45) is 9.26. The van der Waals surface area contributed by atoms with E-state index in [2.05, 4.69) is 9.97 Å². The minimum Gasteiger partial charge on any atom is -0.373 e. The molecule has 4 rings (SSSR count). The van der Waals surface area contributed by atoms with Gasteiger partial charge in [-0.3, -0.25) is 9.78 Å². The van der Waals surface area contributed by atoms with Crippen LogP contribution in [-0.2, 0) is 11.3 Å². The van der Waals surface area contributed by atoms with Crippen LogP contribution >= 0.6 is 0 Å². The summed E-state index contributed by atoms with van der Waals surface area (Å²) in [5.41, 5.74) is 3.52. The quantitative estimate of drug-likeness (QED) is 0.726. The van der Waals surface area contributed by atoms with Crippen LogP contribution in [0.1, 0.15) is 34.5 Å². The lowest BCUT2D eigenvalue weighted by Crippen LogP contribution is -2.41. The second-order valence-corrected chi connectivity index (χ2v) is 6.76. The highest BCUT2D eigenvalue weighted by molar-refractivity contribution is 5.93. The van der Waals surface area contributed by atoms with Gasteiger partial charge >= 0.3 is 0 Å². The number of piperidine rings is 1. The molecule has 4 heterocycles. The zero-order chi connectivity index (χ0) is 17.9. The average molecular weight is 350 g/mol. The lowest BCUT2D eigenvalue weighted by molar-refractivity contribution is -0.000583. The number of aromatic nitrogens is 3. The topological polar surface area (TPSA) is 59.7 Å². The van der Waals surface area contributed by atoms with E-state index in [1.165, 1.54) is 0 Å². The standard InChI is InChI=1S/C20H22N4O2/c1-15-4-5-19-22-18(13-24(19)12-15)20(25)23-9-6-17(7-10-23)26-14-16-3-2-8-21-11-16/h2-5,8,11-13,17H,6-7,9-10,14H2,1H3. The van der Waals surface area contributed by atoms with Gasteiger partial charge in [-0.05, 0) is 43.0 Å². The summed E-state index contributed by atoms with van der Waals surface area (Å²) in [6, 6.07) is 7.86. The maximum absolute atomic E-state index is 12.7. The maximum Gasteiger partial charge on any atom is 0.274 e. The minimum atomic E-state index is -0.00272. The van der Waals surface area contributed by atoms with Crippen molar-refractivity contribution in [3.8, 4) is 0 Å². The molecule has 3 aromatic rings. The summed E-state index contributed by atoms with van der Waals surface area (Å²) in [5, 5.41) is 0. The fraction of sp³-hybridized carbons (Fsp3) is 0.350. The molecular weight excluding hydrogens is 328 g/mol. The summed E-state index contributed by atoms with van der Waals surface area (Å²) in [7, 11) is 0. The Morgan fingerprint density at radius 2 is 2.08 bits per heavy atom. The average Bonchev–Trinajstić information content (AvgIpc) is 3.10. The van der Waals surface area contributed by atoms with Gasteiger partial charge in [0.15, 0.2) is 0 Å². The van der Waals surface area contributed by atoms with E-state index in [0.29, 0.717) is 25.4 Å². The summed E-state index contributed by atoms with van der Waals surface area (Å²) in [4.78, 5) is 23.2. The third-order valence-electron chi connectivity index (χ3n) is 4.76. The highest BCUT2D eigenvalue weighted by atomic mass is 16.5. The van der Waals surface area contributed by atoms with Crippen molar-refractivity contribution in [3.63, 3.8) is 0 Å². The predicted octanol–water partition coefficient (Wildman–Crippen LogP) is 2.86. The van der Waals surface area contributed by atoms with Crippen LogP contribution < -0.4 is 0 Å². The normalized spacial score (nSPS) is 15.5. The summed E-state index contributed by atoms with van der Waals surface area (Å²) in [5.74, 6) is -0.00272. The predicted molar refractivity (Wildman–Crippen MR) is 97.9 cm³/mol. The van der Waals surface area contributed by atoms with E-state index in [1.807, 2.05) is 59.1 Å². The number of hydrogen-bond acceptors (Lipinski definition) is 4. The molecule has 1 aliphatic rings. The molecule has 26 heavy (non-hydrogen) atoms. The van der Waals surface area contributed by atoms with Crippen molar-refractivity contribution < 1.29 is 9.53 Å². The molecule has 0 radical (unpaired) electrons. The largest absolute Gasteiger partial charge is 0.373 e. The molecule has 0 atom stereocenters. The first-order chi connectivity index (χ1) is 12.7. The number of rotatable bonds is 4. The number of fused-ring (bicyclic) bond motifs is 1. The van der Waals surface area contributed by atoms with Gasteiger partial charge < -0.3 is 14.0 Å². The Hall–Kier alpha value is -2.73. The molecule has 3 aromatic heterocycles. The number of aryl methyl sites for hydroxylation is 1. The van der Waals surface area contributed by atoms with Crippen molar-refractivity contribution in [2.24, 2.45) is 0 Å². The molecular formula is C20H22N4O2. The molecule has 1 aliphatic heterocycles. The zero-order valence-electron chi connectivity index (χ0n) is 14.8. The second-order valence-electron chi connectivity index (χ2n) is 6.76. The van der Waals surface area contributed by atoms with Crippen LogP contribution in [0.5, 0.6) is 0 Å². The first-order valence-electron chi connectivity index (χ1n) is 8.94. The first-order valence-corrected chi connectivity index (χ1v) is 8.94. The lowest BCUT2D eigenvalue weighted by Gasteiger charge is -2.31. The molecule has 0 N–H and O–H groups in total. The Kier molecular flexibility index (Phi) is 4.67. The van der Waals surface area contributed by atoms with Gasteiger partial charge in [0.2, 0.25) is 0 Å². The van der Waals surface area contributed by atoms with Gasteiger partial charge in [-0.1, -0.05) is 12.1 Å². The number of ether oxygens (including phenoxy) is 1. The Labute approximate surface area is 152 Å². The van der Waals surface area contributed by atoms with Gasteiger partial charge in [0.1, 0.15) is 11.3 Å². The molecule has 1 saturated heterocycles. The van der Waals surface area contributed by atoms with E-state index in [9.17, 15) is 4.79 Å². The second kappa shape index (κ2) is 7.25. The Bertz CT molecular complexity index is 899. The van der Waals surface area contributed by atoms with E-state index in [1.54, 1.807) is 6.20 Å². The van der Waals surface area contributed by atoms with E-state index in [4.69, 9.17) is 4.74 Å². The summed E-state index contributed by atoms with van der Waals surface area (Å²) < 4.78 is 7.88. The van der Waals surface area contributed by atoms with E-state index in [-0.39, 0.29) is 12.0 Å². The number of amides is 1.